The van der Waals surface area contributed by atoms with Crippen LogP contribution in [0.1, 0.15) is 33.1 Å². The van der Waals surface area contributed by atoms with Gasteiger partial charge in [-0.15, -0.1) is 0 Å². The molecule has 0 aliphatic carbocycles. The van der Waals surface area contributed by atoms with E-state index in [0.29, 0.717) is 10.9 Å². The molecule has 0 spiro atoms. The molecule has 1 N–H and O–H groups in total. The molecule has 0 aromatic heterocycles. The SMILES string of the molecule is CN=C(NCCC1CCCO1)N1CCSC(C)(C)C1. The number of ether oxygens (including phenoxy) is 1. The summed E-state index contributed by atoms with van der Waals surface area (Å²) in [5.41, 5.74) is 0. The topological polar surface area (TPSA) is 36.9 Å². The van der Waals surface area contributed by atoms with Crippen LogP contribution in [0.4, 0.5) is 0 Å². The van der Waals surface area contributed by atoms with Gasteiger partial charge < -0.3 is 15.0 Å². The molecule has 2 saturated heterocycles. The Labute approximate surface area is 121 Å². The van der Waals surface area contributed by atoms with Crippen molar-refractivity contribution >= 4 is 17.7 Å². The zero-order valence-electron chi connectivity index (χ0n) is 12.4. The Hall–Kier alpha value is -0.420. The second kappa shape index (κ2) is 6.84. The average molecular weight is 285 g/mol. The molecule has 1 atom stereocenters. The zero-order chi connectivity index (χ0) is 13.7. The third-order valence-electron chi connectivity index (χ3n) is 3.71. The molecule has 0 amide bonds. The normalized spacial score (nSPS) is 27.6. The Morgan fingerprint density at radius 2 is 2.37 bits per heavy atom. The summed E-state index contributed by atoms with van der Waals surface area (Å²) >= 11 is 2.05. The fraction of sp³-hybridized carbons (Fsp3) is 0.929. The minimum Gasteiger partial charge on any atom is -0.378 e. The van der Waals surface area contributed by atoms with Gasteiger partial charge in [0.2, 0.25) is 0 Å². The molecular formula is C14H27N3OS. The van der Waals surface area contributed by atoms with E-state index in [1.807, 2.05) is 7.05 Å². The Morgan fingerprint density at radius 3 is 3.00 bits per heavy atom. The maximum atomic E-state index is 5.65. The maximum absolute atomic E-state index is 5.65. The van der Waals surface area contributed by atoms with Crippen molar-refractivity contribution in [1.29, 1.82) is 0 Å². The molecule has 0 aromatic carbocycles. The highest BCUT2D eigenvalue weighted by atomic mass is 32.2. The Morgan fingerprint density at radius 1 is 1.53 bits per heavy atom. The van der Waals surface area contributed by atoms with E-state index in [4.69, 9.17) is 4.74 Å². The summed E-state index contributed by atoms with van der Waals surface area (Å²) in [4.78, 5) is 6.80. The van der Waals surface area contributed by atoms with Crippen molar-refractivity contribution in [3.05, 3.63) is 0 Å². The van der Waals surface area contributed by atoms with E-state index in [-0.39, 0.29) is 0 Å². The second-order valence-electron chi connectivity index (χ2n) is 5.93. The minimum atomic E-state index is 0.324. The molecule has 110 valence electrons. The number of nitrogens with zero attached hydrogens (tertiary/aromatic N) is 2. The molecular weight excluding hydrogens is 258 g/mol. The lowest BCUT2D eigenvalue weighted by Gasteiger charge is -2.39. The number of rotatable bonds is 3. The molecule has 4 nitrogen and oxygen atoms in total. The van der Waals surface area contributed by atoms with Gasteiger partial charge in [0.05, 0.1) is 6.10 Å². The van der Waals surface area contributed by atoms with Gasteiger partial charge in [-0.2, -0.15) is 11.8 Å². The Kier molecular flexibility index (Phi) is 5.39. The van der Waals surface area contributed by atoms with Crippen molar-refractivity contribution in [2.45, 2.75) is 44.0 Å². The summed E-state index contributed by atoms with van der Waals surface area (Å²) in [6.07, 6.45) is 3.98. The van der Waals surface area contributed by atoms with Crippen molar-refractivity contribution in [2.75, 3.05) is 39.0 Å². The largest absolute Gasteiger partial charge is 0.378 e. The number of aliphatic imine (C=N–C) groups is 1. The third kappa shape index (κ3) is 4.56. The Bertz CT molecular complexity index is 314. The zero-order valence-corrected chi connectivity index (χ0v) is 13.3. The highest BCUT2D eigenvalue weighted by molar-refractivity contribution is 8.00. The monoisotopic (exact) mass is 285 g/mol. The summed E-state index contributed by atoms with van der Waals surface area (Å²) < 4.78 is 5.97. The highest BCUT2D eigenvalue weighted by Crippen LogP contribution is 2.29. The van der Waals surface area contributed by atoms with Gasteiger partial charge in [-0.3, -0.25) is 4.99 Å². The predicted octanol–water partition coefficient (Wildman–Crippen LogP) is 1.96. The lowest BCUT2D eigenvalue weighted by atomic mass is 10.2. The van der Waals surface area contributed by atoms with Gasteiger partial charge in [0.25, 0.3) is 0 Å². The summed E-state index contributed by atoms with van der Waals surface area (Å²) in [5, 5.41) is 3.49. The third-order valence-corrected chi connectivity index (χ3v) is 5.01. The van der Waals surface area contributed by atoms with E-state index in [1.54, 1.807) is 0 Å². The average Bonchev–Trinajstić information content (AvgIpc) is 2.86. The lowest BCUT2D eigenvalue weighted by Crippen LogP contribution is -2.51. The summed E-state index contributed by atoms with van der Waals surface area (Å²) in [7, 11) is 1.88. The van der Waals surface area contributed by atoms with Crippen molar-refractivity contribution in [3.8, 4) is 0 Å². The molecule has 2 rings (SSSR count). The molecule has 0 bridgehead atoms. The maximum Gasteiger partial charge on any atom is 0.193 e. The van der Waals surface area contributed by atoms with Gasteiger partial charge in [0.15, 0.2) is 5.96 Å². The first kappa shape index (κ1) is 15.0. The van der Waals surface area contributed by atoms with E-state index in [9.17, 15) is 0 Å². The van der Waals surface area contributed by atoms with E-state index in [1.165, 1.54) is 18.6 Å². The molecule has 0 saturated carbocycles. The van der Waals surface area contributed by atoms with Crippen molar-refractivity contribution in [3.63, 3.8) is 0 Å². The molecule has 19 heavy (non-hydrogen) atoms. The summed E-state index contributed by atoms with van der Waals surface area (Å²) in [6.45, 7) is 8.68. The van der Waals surface area contributed by atoms with Crippen LogP contribution in [-0.4, -0.2) is 60.8 Å². The smallest absolute Gasteiger partial charge is 0.193 e. The van der Waals surface area contributed by atoms with Crippen LogP contribution < -0.4 is 5.32 Å². The van der Waals surface area contributed by atoms with Crippen molar-refractivity contribution < 1.29 is 4.74 Å². The fourth-order valence-corrected chi connectivity index (χ4v) is 3.86. The van der Waals surface area contributed by atoms with Crippen LogP contribution in [0.25, 0.3) is 0 Å². The molecule has 2 aliphatic rings. The summed E-state index contributed by atoms with van der Waals surface area (Å²) in [6, 6.07) is 0. The number of hydrogen-bond acceptors (Lipinski definition) is 3. The molecule has 2 heterocycles. The second-order valence-corrected chi connectivity index (χ2v) is 7.73. The minimum absolute atomic E-state index is 0.324. The van der Waals surface area contributed by atoms with Gasteiger partial charge >= 0.3 is 0 Å². The molecule has 2 aliphatic heterocycles. The van der Waals surface area contributed by atoms with Crippen LogP contribution >= 0.6 is 11.8 Å². The van der Waals surface area contributed by atoms with Gasteiger partial charge in [-0.1, -0.05) is 0 Å². The van der Waals surface area contributed by atoms with E-state index >= 15 is 0 Å². The van der Waals surface area contributed by atoms with E-state index in [0.717, 1.165) is 38.6 Å². The van der Waals surface area contributed by atoms with E-state index in [2.05, 4.69) is 40.8 Å². The van der Waals surface area contributed by atoms with Gasteiger partial charge in [-0.05, 0) is 33.1 Å². The van der Waals surface area contributed by atoms with E-state index < -0.39 is 0 Å². The Balaban J connectivity index is 1.76. The van der Waals surface area contributed by atoms with Gasteiger partial charge in [0.1, 0.15) is 0 Å². The number of hydrogen-bond donors (Lipinski definition) is 1. The molecule has 0 aromatic rings. The van der Waals surface area contributed by atoms with Crippen molar-refractivity contribution in [1.82, 2.24) is 10.2 Å². The fourth-order valence-electron chi connectivity index (χ4n) is 2.75. The van der Waals surface area contributed by atoms with Crippen LogP contribution in [0.3, 0.4) is 0 Å². The first-order chi connectivity index (χ1) is 9.11. The first-order valence-corrected chi connectivity index (χ1v) is 8.30. The van der Waals surface area contributed by atoms with Crippen LogP contribution in [0, 0.1) is 0 Å². The predicted molar refractivity (Wildman–Crippen MR) is 83.1 cm³/mol. The molecule has 1 unspecified atom stereocenters. The lowest BCUT2D eigenvalue weighted by molar-refractivity contribution is 0.105. The van der Waals surface area contributed by atoms with Crippen LogP contribution in [0.5, 0.6) is 0 Å². The van der Waals surface area contributed by atoms with Crippen LogP contribution in [0.15, 0.2) is 4.99 Å². The molecule has 0 radical (unpaired) electrons. The molecule has 2 fully saturated rings. The first-order valence-electron chi connectivity index (χ1n) is 7.32. The number of guanidine groups is 1. The molecule has 5 heteroatoms. The highest BCUT2D eigenvalue weighted by Gasteiger charge is 2.28. The van der Waals surface area contributed by atoms with Crippen LogP contribution in [-0.2, 0) is 4.74 Å². The quantitative estimate of drug-likeness (QED) is 0.635. The summed E-state index contributed by atoms with van der Waals surface area (Å²) in [5.74, 6) is 2.23. The van der Waals surface area contributed by atoms with Crippen molar-refractivity contribution in [2.24, 2.45) is 4.99 Å². The van der Waals surface area contributed by atoms with Gasteiger partial charge in [-0.25, -0.2) is 0 Å². The van der Waals surface area contributed by atoms with Crippen LogP contribution in [0.2, 0.25) is 0 Å². The van der Waals surface area contributed by atoms with Gasteiger partial charge in [0, 0.05) is 43.8 Å². The number of nitrogens with one attached hydrogen (secondary N) is 1. The number of thioether (sulfide) groups is 1. The standard InChI is InChI=1S/C14H27N3OS/c1-14(2)11-17(8-10-19-14)13(15-3)16-7-6-12-5-4-9-18-12/h12H,4-11H2,1-3H3,(H,15,16).